The van der Waals surface area contributed by atoms with E-state index >= 15 is 0 Å². The molecule has 1 saturated heterocycles. The van der Waals surface area contributed by atoms with Gasteiger partial charge in [-0.2, -0.15) is 0 Å². The number of ether oxygens (including phenoxy) is 1. The number of carbonyl (C=O) groups is 1. The van der Waals surface area contributed by atoms with Gasteiger partial charge in [-0.25, -0.2) is 0 Å². The predicted molar refractivity (Wildman–Crippen MR) is 82.5 cm³/mol. The number of likely N-dealkylation sites (tertiary alicyclic amines) is 1. The topological polar surface area (TPSA) is 49.8 Å². The van der Waals surface area contributed by atoms with Gasteiger partial charge >= 0.3 is 0 Å². The van der Waals surface area contributed by atoms with Crippen molar-refractivity contribution < 1.29 is 14.6 Å². The first-order chi connectivity index (χ1) is 9.89. The minimum Gasteiger partial charge on any atom is -0.493 e. The Labute approximate surface area is 126 Å². The van der Waals surface area contributed by atoms with Gasteiger partial charge in [0.05, 0.1) is 18.6 Å². The minimum absolute atomic E-state index is 0.108. The van der Waals surface area contributed by atoms with E-state index in [0.717, 1.165) is 16.9 Å². The van der Waals surface area contributed by atoms with Crippen molar-refractivity contribution in [2.75, 3.05) is 19.7 Å². The summed E-state index contributed by atoms with van der Waals surface area (Å²) < 4.78 is 5.77. The molecule has 0 bridgehead atoms. The van der Waals surface area contributed by atoms with E-state index in [1.54, 1.807) is 0 Å². The van der Waals surface area contributed by atoms with Gasteiger partial charge in [0.15, 0.2) is 0 Å². The van der Waals surface area contributed by atoms with Gasteiger partial charge in [0, 0.05) is 13.1 Å². The van der Waals surface area contributed by atoms with E-state index in [1.807, 2.05) is 43.9 Å². The van der Waals surface area contributed by atoms with Gasteiger partial charge in [0.1, 0.15) is 5.75 Å². The molecule has 0 radical (unpaired) electrons. The third-order valence-corrected chi connectivity index (χ3v) is 4.16. The Kier molecular flexibility index (Phi) is 4.88. The Bertz CT molecular complexity index is 481. The van der Waals surface area contributed by atoms with E-state index in [1.165, 1.54) is 0 Å². The summed E-state index contributed by atoms with van der Waals surface area (Å²) in [5.41, 5.74) is 1.57. The summed E-state index contributed by atoms with van der Waals surface area (Å²) in [6.07, 6.45) is 1.68. The molecule has 0 spiro atoms. The molecule has 1 amide bonds. The van der Waals surface area contributed by atoms with Crippen molar-refractivity contribution in [3.05, 3.63) is 29.3 Å². The molecule has 1 N–H and O–H groups in total. The van der Waals surface area contributed by atoms with Crippen LogP contribution in [0.4, 0.5) is 0 Å². The molecule has 116 valence electrons. The van der Waals surface area contributed by atoms with Crippen molar-refractivity contribution >= 4 is 5.91 Å². The summed E-state index contributed by atoms with van der Waals surface area (Å²) in [7, 11) is 0. The SMILES string of the molecule is Cc1cccc(C)c1OCCC(=O)N1CCC(C)(O)CC1. The zero-order chi connectivity index (χ0) is 15.5. The molecule has 0 unspecified atom stereocenters. The van der Waals surface area contributed by atoms with E-state index in [2.05, 4.69) is 0 Å². The number of aryl methyl sites for hydroxylation is 2. The van der Waals surface area contributed by atoms with Crippen LogP contribution in [0.5, 0.6) is 5.75 Å². The number of aliphatic hydroxyl groups is 1. The second-order valence-electron chi connectivity index (χ2n) is 6.20. The van der Waals surface area contributed by atoms with Crippen molar-refractivity contribution in [2.45, 2.75) is 45.6 Å². The molecule has 0 atom stereocenters. The number of amides is 1. The Morgan fingerprint density at radius 2 is 1.86 bits per heavy atom. The van der Waals surface area contributed by atoms with Crippen LogP contribution in [-0.4, -0.2) is 41.2 Å². The third kappa shape index (κ3) is 4.21. The molecule has 1 aromatic rings. The first kappa shape index (κ1) is 15.8. The van der Waals surface area contributed by atoms with Crippen LogP contribution in [0.25, 0.3) is 0 Å². The predicted octanol–water partition coefficient (Wildman–Crippen LogP) is 2.45. The van der Waals surface area contributed by atoms with Crippen LogP contribution in [0.1, 0.15) is 37.3 Å². The van der Waals surface area contributed by atoms with Gasteiger partial charge in [0.25, 0.3) is 0 Å². The number of para-hydroxylation sites is 1. The molecule has 1 aliphatic rings. The van der Waals surface area contributed by atoms with Crippen molar-refractivity contribution in [3.63, 3.8) is 0 Å². The molecule has 4 nitrogen and oxygen atoms in total. The van der Waals surface area contributed by atoms with Gasteiger partial charge in [0.2, 0.25) is 5.91 Å². The third-order valence-electron chi connectivity index (χ3n) is 4.16. The first-order valence-electron chi connectivity index (χ1n) is 7.58. The lowest BCUT2D eigenvalue weighted by atomic mass is 9.94. The molecule has 4 heteroatoms. The normalized spacial score (nSPS) is 17.6. The minimum atomic E-state index is -0.620. The molecule has 1 heterocycles. The van der Waals surface area contributed by atoms with Crippen molar-refractivity contribution in [2.24, 2.45) is 0 Å². The Morgan fingerprint density at radius 3 is 2.43 bits per heavy atom. The van der Waals surface area contributed by atoms with Gasteiger partial charge in [-0.3, -0.25) is 4.79 Å². The van der Waals surface area contributed by atoms with Crippen molar-refractivity contribution in [3.8, 4) is 5.75 Å². The maximum absolute atomic E-state index is 12.1. The average Bonchev–Trinajstić information content (AvgIpc) is 2.42. The number of benzene rings is 1. The largest absolute Gasteiger partial charge is 0.493 e. The summed E-state index contributed by atoms with van der Waals surface area (Å²) in [6.45, 7) is 7.52. The molecular weight excluding hydrogens is 266 g/mol. The van der Waals surface area contributed by atoms with Crippen LogP contribution in [-0.2, 0) is 4.79 Å². The zero-order valence-electron chi connectivity index (χ0n) is 13.2. The van der Waals surface area contributed by atoms with Gasteiger partial charge in [-0.15, -0.1) is 0 Å². The fourth-order valence-corrected chi connectivity index (χ4v) is 2.66. The molecule has 2 rings (SSSR count). The van der Waals surface area contributed by atoms with Crippen molar-refractivity contribution in [1.29, 1.82) is 0 Å². The molecule has 0 saturated carbocycles. The van der Waals surface area contributed by atoms with Crippen LogP contribution >= 0.6 is 0 Å². The second-order valence-corrected chi connectivity index (χ2v) is 6.20. The summed E-state index contributed by atoms with van der Waals surface area (Å²) in [6, 6.07) is 6.02. The summed E-state index contributed by atoms with van der Waals surface area (Å²) in [4.78, 5) is 14.0. The van der Waals surface area contributed by atoms with E-state index in [9.17, 15) is 9.90 Å². The van der Waals surface area contributed by atoms with Crippen LogP contribution in [0.15, 0.2) is 18.2 Å². The lowest BCUT2D eigenvalue weighted by molar-refractivity contribution is -0.135. The first-order valence-corrected chi connectivity index (χ1v) is 7.58. The van der Waals surface area contributed by atoms with Crippen LogP contribution in [0.2, 0.25) is 0 Å². The summed E-state index contributed by atoms with van der Waals surface area (Å²) in [5, 5.41) is 9.90. The number of hydrogen-bond donors (Lipinski definition) is 1. The molecule has 0 aromatic heterocycles. The average molecular weight is 291 g/mol. The van der Waals surface area contributed by atoms with Gasteiger partial charge < -0.3 is 14.7 Å². The Morgan fingerprint density at radius 1 is 1.29 bits per heavy atom. The molecular formula is C17H25NO3. The van der Waals surface area contributed by atoms with E-state index in [0.29, 0.717) is 39.0 Å². The monoisotopic (exact) mass is 291 g/mol. The maximum atomic E-state index is 12.1. The Balaban J connectivity index is 1.80. The number of nitrogens with zero attached hydrogens (tertiary/aromatic N) is 1. The van der Waals surface area contributed by atoms with Gasteiger partial charge in [-0.1, -0.05) is 18.2 Å². The van der Waals surface area contributed by atoms with Crippen LogP contribution in [0, 0.1) is 13.8 Å². The quantitative estimate of drug-likeness (QED) is 0.927. The van der Waals surface area contributed by atoms with Crippen LogP contribution in [0.3, 0.4) is 0 Å². The number of hydrogen-bond acceptors (Lipinski definition) is 3. The lowest BCUT2D eigenvalue weighted by Gasteiger charge is -2.35. The highest BCUT2D eigenvalue weighted by molar-refractivity contribution is 5.76. The smallest absolute Gasteiger partial charge is 0.226 e. The van der Waals surface area contributed by atoms with Gasteiger partial charge in [-0.05, 0) is 44.7 Å². The highest BCUT2D eigenvalue weighted by Crippen LogP contribution is 2.23. The molecule has 21 heavy (non-hydrogen) atoms. The van der Waals surface area contributed by atoms with Crippen molar-refractivity contribution in [1.82, 2.24) is 4.90 Å². The standard InChI is InChI=1S/C17H25NO3/c1-13-5-4-6-14(2)16(13)21-12-7-15(19)18-10-8-17(3,20)9-11-18/h4-6,20H,7-12H2,1-3H3. The maximum Gasteiger partial charge on any atom is 0.226 e. The number of piperidine rings is 1. The highest BCUT2D eigenvalue weighted by Gasteiger charge is 2.29. The summed E-state index contributed by atoms with van der Waals surface area (Å²) >= 11 is 0. The molecule has 1 aliphatic heterocycles. The Hall–Kier alpha value is -1.55. The van der Waals surface area contributed by atoms with E-state index in [4.69, 9.17) is 4.74 Å². The molecule has 1 aromatic carbocycles. The number of rotatable bonds is 4. The fourth-order valence-electron chi connectivity index (χ4n) is 2.66. The zero-order valence-corrected chi connectivity index (χ0v) is 13.2. The highest BCUT2D eigenvalue weighted by atomic mass is 16.5. The molecule has 0 aliphatic carbocycles. The van der Waals surface area contributed by atoms with E-state index in [-0.39, 0.29) is 5.91 Å². The molecule has 1 fully saturated rings. The van der Waals surface area contributed by atoms with E-state index < -0.39 is 5.60 Å². The fraction of sp³-hybridized carbons (Fsp3) is 0.588. The lowest BCUT2D eigenvalue weighted by Crippen LogP contribution is -2.45. The van der Waals surface area contributed by atoms with Crippen LogP contribution < -0.4 is 4.74 Å². The second kappa shape index (κ2) is 6.48. The summed E-state index contributed by atoms with van der Waals surface area (Å²) in [5.74, 6) is 0.989. The number of carbonyl (C=O) groups excluding carboxylic acids is 1.